The third kappa shape index (κ3) is 4.83. The molecule has 5 heteroatoms. The maximum Gasteiger partial charge on any atom is 0.226 e. The number of carbonyl (C=O) groups excluding carboxylic acids is 2. The molecule has 0 spiro atoms. The molecule has 0 fully saturated rings. The van der Waals surface area contributed by atoms with Crippen LogP contribution in [0.5, 0.6) is 0 Å². The number of halogens is 1. The standard InChI is InChI=1S/C18H19ClN2O2/c1-12-16(19)7-4-8-17(12)20-10-9-18(23)21-15-6-3-5-14(11-15)13(2)22/h3-8,11,20H,9-10H2,1-2H3,(H,21,23). The van der Waals surface area contributed by atoms with E-state index in [1.165, 1.54) is 6.92 Å². The van der Waals surface area contributed by atoms with Crippen molar-refractivity contribution < 1.29 is 9.59 Å². The average Bonchev–Trinajstić information content (AvgIpc) is 2.51. The minimum absolute atomic E-state index is 0.0285. The number of Topliss-reactive ketones (excluding diaryl/α,β-unsaturated/α-hetero) is 1. The van der Waals surface area contributed by atoms with Crippen molar-refractivity contribution in [1.82, 2.24) is 0 Å². The lowest BCUT2D eigenvalue weighted by molar-refractivity contribution is -0.115. The first-order valence-electron chi connectivity index (χ1n) is 7.37. The fourth-order valence-electron chi connectivity index (χ4n) is 2.15. The Morgan fingerprint density at radius 2 is 1.87 bits per heavy atom. The van der Waals surface area contributed by atoms with Crippen molar-refractivity contribution >= 4 is 34.7 Å². The van der Waals surface area contributed by atoms with Crippen molar-refractivity contribution in [2.24, 2.45) is 0 Å². The first-order valence-corrected chi connectivity index (χ1v) is 7.75. The molecule has 0 bridgehead atoms. The summed E-state index contributed by atoms with van der Waals surface area (Å²) in [6.07, 6.45) is 0.316. The zero-order valence-electron chi connectivity index (χ0n) is 13.2. The molecular weight excluding hydrogens is 312 g/mol. The van der Waals surface area contributed by atoms with E-state index in [9.17, 15) is 9.59 Å². The number of carbonyl (C=O) groups is 2. The second-order valence-electron chi connectivity index (χ2n) is 5.27. The molecule has 0 saturated heterocycles. The van der Waals surface area contributed by atoms with Crippen LogP contribution in [0.2, 0.25) is 5.02 Å². The molecule has 0 radical (unpaired) electrons. The second-order valence-corrected chi connectivity index (χ2v) is 5.68. The Labute approximate surface area is 140 Å². The van der Waals surface area contributed by atoms with Crippen LogP contribution in [-0.2, 0) is 4.79 Å². The molecular formula is C18H19ClN2O2. The van der Waals surface area contributed by atoms with Gasteiger partial charge in [-0.25, -0.2) is 0 Å². The summed E-state index contributed by atoms with van der Waals surface area (Å²) in [5, 5.41) is 6.69. The van der Waals surface area contributed by atoms with Gasteiger partial charge in [0.25, 0.3) is 0 Å². The quantitative estimate of drug-likeness (QED) is 0.777. The van der Waals surface area contributed by atoms with E-state index in [2.05, 4.69) is 10.6 Å². The van der Waals surface area contributed by atoms with Gasteiger partial charge in [0.2, 0.25) is 5.91 Å². The zero-order valence-corrected chi connectivity index (χ0v) is 13.9. The van der Waals surface area contributed by atoms with Crippen LogP contribution >= 0.6 is 11.6 Å². The zero-order chi connectivity index (χ0) is 16.8. The number of anilines is 2. The summed E-state index contributed by atoms with van der Waals surface area (Å²) in [4.78, 5) is 23.3. The van der Waals surface area contributed by atoms with Crippen molar-refractivity contribution in [2.45, 2.75) is 20.3 Å². The van der Waals surface area contributed by atoms with E-state index in [0.29, 0.717) is 29.2 Å². The number of nitrogens with one attached hydrogen (secondary N) is 2. The monoisotopic (exact) mass is 330 g/mol. The Kier molecular flexibility index (Phi) is 5.77. The van der Waals surface area contributed by atoms with Crippen molar-refractivity contribution in [3.63, 3.8) is 0 Å². The fraction of sp³-hybridized carbons (Fsp3) is 0.222. The lowest BCUT2D eigenvalue weighted by Crippen LogP contribution is -2.16. The van der Waals surface area contributed by atoms with Crippen LogP contribution < -0.4 is 10.6 Å². The van der Waals surface area contributed by atoms with Gasteiger partial charge in [0.1, 0.15) is 0 Å². The van der Waals surface area contributed by atoms with E-state index < -0.39 is 0 Å². The Balaban J connectivity index is 1.87. The number of hydrogen-bond donors (Lipinski definition) is 2. The molecule has 1 amide bonds. The number of benzene rings is 2. The second kappa shape index (κ2) is 7.79. The molecule has 2 aromatic rings. The minimum atomic E-state index is -0.113. The maximum atomic E-state index is 12.0. The average molecular weight is 331 g/mol. The number of rotatable bonds is 6. The molecule has 23 heavy (non-hydrogen) atoms. The van der Waals surface area contributed by atoms with Gasteiger partial charge in [-0.2, -0.15) is 0 Å². The molecule has 0 heterocycles. The Morgan fingerprint density at radius 1 is 1.13 bits per heavy atom. The SMILES string of the molecule is CC(=O)c1cccc(NC(=O)CCNc2cccc(Cl)c2C)c1. The lowest BCUT2D eigenvalue weighted by Gasteiger charge is -2.11. The van der Waals surface area contributed by atoms with Crippen LogP contribution in [0.1, 0.15) is 29.3 Å². The highest BCUT2D eigenvalue weighted by atomic mass is 35.5. The maximum absolute atomic E-state index is 12.0. The minimum Gasteiger partial charge on any atom is -0.384 e. The molecule has 2 aromatic carbocycles. The van der Waals surface area contributed by atoms with Gasteiger partial charge >= 0.3 is 0 Å². The largest absolute Gasteiger partial charge is 0.384 e. The molecule has 4 nitrogen and oxygen atoms in total. The van der Waals surface area contributed by atoms with Gasteiger partial charge in [-0.05, 0) is 43.7 Å². The Bertz CT molecular complexity index is 729. The molecule has 2 N–H and O–H groups in total. The molecule has 2 rings (SSSR count). The van der Waals surface area contributed by atoms with Crippen LogP contribution in [0.25, 0.3) is 0 Å². The lowest BCUT2D eigenvalue weighted by atomic mass is 10.1. The number of hydrogen-bond acceptors (Lipinski definition) is 3. The van der Waals surface area contributed by atoms with Gasteiger partial charge in [-0.1, -0.05) is 29.8 Å². The van der Waals surface area contributed by atoms with Crippen LogP contribution in [0.3, 0.4) is 0 Å². The van der Waals surface area contributed by atoms with Gasteiger partial charge in [-0.15, -0.1) is 0 Å². The predicted octanol–water partition coefficient (Wildman–Crippen LogP) is 4.29. The van der Waals surface area contributed by atoms with E-state index in [-0.39, 0.29) is 11.7 Å². The van der Waals surface area contributed by atoms with Crippen LogP contribution in [0, 0.1) is 6.92 Å². The molecule has 0 saturated carbocycles. The molecule has 0 aliphatic heterocycles. The molecule has 0 aliphatic rings. The van der Waals surface area contributed by atoms with Gasteiger partial charge in [0.05, 0.1) is 0 Å². The van der Waals surface area contributed by atoms with Crippen LogP contribution in [0.4, 0.5) is 11.4 Å². The van der Waals surface area contributed by atoms with Crippen LogP contribution in [-0.4, -0.2) is 18.2 Å². The highest BCUT2D eigenvalue weighted by Crippen LogP contribution is 2.22. The van der Waals surface area contributed by atoms with Gasteiger partial charge < -0.3 is 10.6 Å². The summed E-state index contributed by atoms with van der Waals surface area (Å²) >= 11 is 6.06. The van der Waals surface area contributed by atoms with E-state index in [1.54, 1.807) is 24.3 Å². The van der Waals surface area contributed by atoms with Gasteiger partial charge in [-0.3, -0.25) is 9.59 Å². The van der Waals surface area contributed by atoms with Crippen LogP contribution in [0.15, 0.2) is 42.5 Å². The topological polar surface area (TPSA) is 58.2 Å². The van der Waals surface area contributed by atoms with E-state index in [1.807, 2.05) is 25.1 Å². The van der Waals surface area contributed by atoms with Crippen molar-refractivity contribution in [2.75, 3.05) is 17.2 Å². The Morgan fingerprint density at radius 3 is 2.61 bits per heavy atom. The summed E-state index contributed by atoms with van der Waals surface area (Å²) < 4.78 is 0. The summed E-state index contributed by atoms with van der Waals surface area (Å²) in [7, 11) is 0. The first kappa shape index (κ1) is 17.0. The normalized spacial score (nSPS) is 10.2. The van der Waals surface area contributed by atoms with Gasteiger partial charge in [0, 0.05) is 34.9 Å². The van der Waals surface area contributed by atoms with Crippen molar-refractivity contribution in [1.29, 1.82) is 0 Å². The molecule has 0 aromatic heterocycles. The highest BCUT2D eigenvalue weighted by molar-refractivity contribution is 6.31. The summed E-state index contributed by atoms with van der Waals surface area (Å²) in [5.74, 6) is -0.142. The number of amides is 1. The molecule has 120 valence electrons. The predicted molar refractivity (Wildman–Crippen MR) is 94.4 cm³/mol. The van der Waals surface area contributed by atoms with Crippen molar-refractivity contribution in [3.05, 3.63) is 58.6 Å². The summed E-state index contributed by atoms with van der Waals surface area (Å²) in [6.45, 7) is 3.93. The summed E-state index contributed by atoms with van der Waals surface area (Å²) in [5.41, 5.74) is 3.09. The highest BCUT2D eigenvalue weighted by Gasteiger charge is 2.06. The van der Waals surface area contributed by atoms with Gasteiger partial charge in [0.15, 0.2) is 5.78 Å². The molecule has 0 aliphatic carbocycles. The third-order valence-electron chi connectivity index (χ3n) is 3.49. The smallest absolute Gasteiger partial charge is 0.226 e. The fourth-order valence-corrected chi connectivity index (χ4v) is 2.32. The van der Waals surface area contributed by atoms with E-state index >= 15 is 0 Å². The molecule has 0 unspecified atom stereocenters. The van der Waals surface area contributed by atoms with E-state index in [4.69, 9.17) is 11.6 Å². The van der Waals surface area contributed by atoms with Crippen molar-refractivity contribution in [3.8, 4) is 0 Å². The first-order chi connectivity index (χ1) is 11.0. The molecule has 0 atom stereocenters. The summed E-state index contributed by atoms with van der Waals surface area (Å²) in [6, 6.07) is 12.5. The Hall–Kier alpha value is -2.33. The third-order valence-corrected chi connectivity index (χ3v) is 3.90. The van der Waals surface area contributed by atoms with E-state index in [0.717, 1.165) is 11.3 Å². The number of ketones is 1.